The lowest BCUT2D eigenvalue weighted by Crippen LogP contribution is -2.31. The first-order valence-electron chi connectivity index (χ1n) is 12.5. The molecule has 0 radical (unpaired) electrons. The monoisotopic (exact) mass is 510 g/mol. The number of nitrogens with zero attached hydrogens (tertiary/aromatic N) is 4. The number of amides is 1. The zero-order chi connectivity index (χ0) is 27.4. The minimum atomic E-state index is -4.54. The Hall–Kier alpha value is -3.86. The van der Waals surface area contributed by atoms with Gasteiger partial charge >= 0.3 is 6.18 Å². The van der Waals surface area contributed by atoms with Gasteiger partial charge in [-0.1, -0.05) is 45.9 Å². The van der Waals surface area contributed by atoms with Crippen LogP contribution in [0.25, 0.3) is 0 Å². The molecular formula is C29H33F3N4O. The Morgan fingerprint density at radius 3 is 2.22 bits per heavy atom. The zero-order valence-corrected chi connectivity index (χ0v) is 21.7. The van der Waals surface area contributed by atoms with Crippen LogP contribution in [0.2, 0.25) is 0 Å². The van der Waals surface area contributed by atoms with Crippen LogP contribution in [0.4, 0.5) is 24.7 Å². The van der Waals surface area contributed by atoms with Crippen molar-refractivity contribution in [1.29, 1.82) is 5.26 Å². The van der Waals surface area contributed by atoms with E-state index in [0.717, 1.165) is 43.9 Å². The van der Waals surface area contributed by atoms with E-state index >= 15 is 0 Å². The Kier molecular flexibility index (Phi) is 11.1. The number of aromatic nitrogens is 1. The fourth-order valence-electron chi connectivity index (χ4n) is 3.77. The molecule has 1 aromatic heterocycles. The molecule has 196 valence electrons. The Morgan fingerprint density at radius 1 is 0.973 bits per heavy atom. The number of benzene rings is 2. The molecular weight excluding hydrogens is 477 g/mol. The number of halogens is 3. The van der Waals surface area contributed by atoms with Crippen molar-refractivity contribution < 1.29 is 18.0 Å². The summed E-state index contributed by atoms with van der Waals surface area (Å²) in [5, 5.41) is 9.20. The molecule has 1 amide bonds. The summed E-state index contributed by atoms with van der Waals surface area (Å²) in [5.74, 6) is 0.306. The Labute approximate surface area is 217 Å². The average molecular weight is 511 g/mol. The van der Waals surface area contributed by atoms with Crippen LogP contribution in [-0.2, 0) is 12.7 Å². The van der Waals surface area contributed by atoms with Gasteiger partial charge < -0.3 is 9.80 Å². The normalized spacial score (nSPS) is 10.6. The number of nitriles is 1. The molecule has 0 unspecified atom stereocenters. The number of rotatable bonds is 9. The summed E-state index contributed by atoms with van der Waals surface area (Å²) in [5.41, 5.74) is 0.432. The molecule has 0 saturated carbocycles. The van der Waals surface area contributed by atoms with Crippen molar-refractivity contribution in [2.45, 2.75) is 53.3 Å². The van der Waals surface area contributed by atoms with Crippen LogP contribution < -0.4 is 9.80 Å². The molecule has 1 heterocycles. The molecule has 0 aliphatic heterocycles. The Morgan fingerprint density at radius 2 is 1.65 bits per heavy atom. The smallest absolute Gasteiger partial charge is 0.357 e. The predicted molar refractivity (Wildman–Crippen MR) is 141 cm³/mol. The molecule has 5 nitrogen and oxygen atoms in total. The van der Waals surface area contributed by atoms with Gasteiger partial charge in [0.1, 0.15) is 5.82 Å². The number of hydrogen-bond donors (Lipinski definition) is 0. The van der Waals surface area contributed by atoms with Gasteiger partial charge in [-0.25, -0.2) is 4.98 Å². The van der Waals surface area contributed by atoms with E-state index in [4.69, 9.17) is 0 Å². The Balaban J connectivity index is 0.00000235. The van der Waals surface area contributed by atoms with E-state index in [1.54, 1.807) is 24.4 Å². The average Bonchev–Trinajstić information content (AvgIpc) is 2.92. The molecule has 0 atom stereocenters. The van der Waals surface area contributed by atoms with Gasteiger partial charge in [0.2, 0.25) is 0 Å². The first-order chi connectivity index (χ1) is 17.8. The van der Waals surface area contributed by atoms with Crippen LogP contribution in [-0.4, -0.2) is 24.0 Å². The molecule has 3 aromatic rings. The van der Waals surface area contributed by atoms with E-state index < -0.39 is 17.6 Å². The van der Waals surface area contributed by atoms with Crippen molar-refractivity contribution in [3.8, 4) is 6.07 Å². The molecule has 8 heteroatoms. The number of carbonyl (C=O) groups is 1. The van der Waals surface area contributed by atoms with Gasteiger partial charge in [0.05, 0.1) is 23.7 Å². The van der Waals surface area contributed by atoms with Gasteiger partial charge in [-0.2, -0.15) is 18.4 Å². The molecule has 37 heavy (non-hydrogen) atoms. The fraction of sp³-hybridized carbons (Fsp3) is 0.345. The Bertz CT molecular complexity index is 1180. The van der Waals surface area contributed by atoms with Crippen LogP contribution in [0.5, 0.6) is 0 Å². The summed E-state index contributed by atoms with van der Waals surface area (Å²) in [4.78, 5) is 21.4. The van der Waals surface area contributed by atoms with Crippen molar-refractivity contribution >= 4 is 17.4 Å². The first kappa shape index (κ1) is 29.4. The van der Waals surface area contributed by atoms with E-state index in [1.807, 2.05) is 32.0 Å². The van der Waals surface area contributed by atoms with Gasteiger partial charge in [0.15, 0.2) is 0 Å². The van der Waals surface area contributed by atoms with E-state index in [-0.39, 0.29) is 23.4 Å². The molecule has 0 N–H and O–H groups in total. The third-order valence-corrected chi connectivity index (χ3v) is 5.43. The predicted octanol–water partition coefficient (Wildman–Crippen LogP) is 7.47. The highest BCUT2D eigenvalue weighted by atomic mass is 19.4. The second-order valence-electron chi connectivity index (χ2n) is 8.14. The van der Waals surface area contributed by atoms with E-state index in [1.165, 1.54) is 23.1 Å². The molecule has 0 spiro atoms. The zero-order valence-electron chi connectivity index (χ0n) is 21.7. The van der Waals surface area contributed by atoms with Crippen LogP contribution in [0, 0.1) is 11.3 Å². The highest BCUT2D eigenvalue weighted by Crippen LogP contribution is 2.32. The fourth-order valence-corrected chi connectivity index (χ4v) is 3.77. The SMILES string of the molecule is CC.CCCN(CCC)c1ccc(CN(C(=O)c2cccc(C#N)c2)c2cccc(C(F)(F)F)c2)cn1. The topological polar surface area (TPSA) is 60.2 Å². The second-order valence-corrected chi connectivity index (χ2v) is 8.14. The maximum atomic E-state index is 13.4. The lowest BCUT2D eigenvalue weighted by Gasteiger charge is -2.25. The molecule has 0 saturated heterocycles. The maximum Gasteiger partial charge on any atom is 0.416 e. The third kappa shape index (κ3) is 8.07. The lowest BCUT2D eigenvalue weighted by molar-refractivity contribution is -0.137. The summed E-state index contributed by atoms with van der Waals surface area (Å²) in [7, 11) is 0. The van der Waals surface area contributed by atoms with Crippen molar-refractivity contribution in [2.75, 3.05) is 22.9 Å². The molecule has 0 fully saturated rings. The van der Waals surface area contributed by atoms with Gasteiger partial charge in [-0.3, -0.25) is 4.79 Å². The first-order valence-corrected chi connectivity index (χ1v) is 12.5. The van der Waals surface area contributed by atoms with Crippen LogP contribution in [0.3, 0.4) is 0 Å². The summed E-state index contributed by atoms with van der Waals surface area (Å²) in [6.45, 7) is 9.94. The highest BCUT2D eigenvalue weighted by molar-refractivity contribution is 6.06. The van der Waals surface area contributed by atoms with Crippen molar-refractivity contribution in [3.05, 3.63) is 89.1 Å². The molecule has 0 aliphatic carbocycles. The van der Waals surface area contributed by atoms with Crippen LogP contribution in [0.1, 0.15) is 67.6 Å². The maximum absolute atomic E-state index is 13.4. The lowest BCUT2D eigenvalue weighted by atomic mass is 10.1. The number of anilines is 2. The van der Waals surface area contributed by atoms with E-state index in [2.05, 4.69) is 23.7 Å². The van der Waals surface area contributed by atoms with E-state index in [9.17, 15) is 23.2 Å². The minimum Gasteiger partial charge on any atom is -0.357 e. The molecule has 0 bridgehead atoms. The van der Waals surface area contributed by atoms with Crippen molar-refractivity contribution in [2.24, 2.45) is 0 Å². The van der Waals surface area contributed by atoms with Gasteiger partial charge in [-0.05, 0) is 60.9 Å². The van der Waals surface area contributed by atoms with Gasteiger partial charge in [0.25, 0.3) is 5.91 Å². The number of pyridine rings is 1. The minimum absolute atomic E-state index is 0.0196. The summed E-state index contributed by atoms with van der Waals surface area (Å²) in [6.07, 6.45) is -0.948. The third-order valence-electron chi connectivity index (χ3n) is 5.43. The van der Waals surface area contributed by atoms with Crippen LogP contribution >= 0.6 is 0 Å². The number of hydrogen-bond acceptors (Lipinski definition) is 4. The largest absolute Gasteiger partial charge is 0.416 e. The van der Waals surface area contributed by atoms with Gasteiger partial charge in [0, 0.05) is 30.5 Å². The van der Waals surface area contributed by atoms with Gasteiger partial charge in [-0.15, -0.1) is 0 Å². The molecule has 3 rings (SSSR count). The van der Waals surface area contributed by atoms with Crippen molar-refractivity contribution in [1.82, 2.24) is 4.98 Å². The summed E-state index contributed by atoms with van der Waals surface area (Å²) >= 11 is 0. The standard InChI is InChI=1S/C27H27F3N4O.C2H6/c1-3-13-33(14-4-2)25-12-11-21(18-32-25)19-34(24-10-6-9-23(16-24)27(28,29)30)26(35)22-8-5-7-20(15-22)17-31;1-2/h5-12,15-16,18H,3-4,13-14,19H2,1-2H3;1-2H3. The molecule has 2 aromatic carbocycles. The summed E-state index contributed by atoms with van der Waals surface area (Å²) < 4.78 is 40.1. The summed E-state index contributed by atoms with van der Waals surface area (Å²) in [6, 6.07) is 16.5. The highest BCUT2D eigenvalue weighted by Gasteiger charge is 2.31. The van der Waals surface area contributed by atoms with Crippen molar-refractivity contribution in [3.63, 3.8) is 0 Å². The van der Waals surface area contributed by atoms with E-state index in [0.29, 0.717) is 5.56 Å². The number of alkyl halides is 3. The quantitative estimate of drug-likeness (QED) is 0.300. The molecule has 0 aliphatic rings. The second kappa shape index (κ2) is 14.0. The van der Waals surface area contributed by atoms with Crippen LogP contribution in [0.15, 0.2) is 66.9 Å². The number of carbonyl (C=O) groups excluding carboxylic acids is 1.